The number of para-hydroxylation sites is 1. The molecule has 0 aromatic heterocycles. The molecule has 0 fully saturated rings. The molecule has 2 amide bonds. The number of nitrogens with one attached hydrogen (secondary N) is 2. The number of hydrogen-bond acceptors (Lipinski definition) is 4. The molecule has 0 aliphatic rings. The summed E-state index contributed by atoms with van der Waals surface area (Å²) in [6, 6.07) is 7.77. The van der Waals surface area contributed by atoms with Crippen molar-refractivity contribution in [1.29, 1.82) is 0 Å². The number of carboxylic acid groups (broad SMARTS) is 1. The summed E-state index contributed by atoms with van der Waals surface area (Å²) >= 11 is 0. The molecular formula is C13H16N2O5. The molecule has 108 valence electrons. The number of rotatable bonds is 7. The molecule has 0 heterocycles. The van der Waals surface area contributed by atoms with Crippen LogP contribution in [0.1, 0.15) is 6.92 Å². The van der Waals surface area contributed by atoms with Gasteiger partial charge < -0.3 is 20.5 Å². The Morgan fingerprint density at radius 3 is 2.45 bits per heavy atom. The third-order valence-corrected chi connectivity index (χ3v) is 2.31. The van der Waals surface area contributed by atoms with Crippen LogP contribution in [0.3, 0.4) is 0 Å². The van der Waals surface area contributed by atoms with Gasteiger partial charge >= 0.3 is 5.97 Å². The summed E-state index contributed by atoms with van der Waals surface area (Å²) in [6.07, 6.45) is 0. The predicted molar refractivity (Wildman–Crippen MR) is 70.2 cm³/mol. The largest absolute Gasteiger partial charge is 0.484 e. The van der Waals surface area contributed by atoms with Crippen LogP contribution in [0.4, 0.5) is 0 Å². The number of carboxylic acids is 1. The van der Waals surface area contributed by atoms with Crippen LogP contribution >= 0.6 is 0 Å². The Morgan fingerprint density at radius 1 is 1.20 bits per heavy atom. The minimum absolute atomic E-state index is 0.216. The summed E-state index contributed by atoms with van der Waals surface area (Å²) in [6.45, 7) is 0.820. The standard InChI is InChI=1S/C13H16N2O5/c1-9(13(18)19)15-11(16)7-14-12(17)8-20-10-5-3-2-4-6-10/h2-6,9H,7-8H2,1H3,(H,14,17)(H,15,16)(H,18,19)/t9-/m0/s1. The van der Waals surface area contributed by atoms with Crippen LogP contribution in [0.15, 0.2) is 30.3 Å². The van der Waals surface area contributed by atoms with Gasteiger partial charge in [-0.05, 0) is 19.1 Å². The van der Waals surface area contributed by atoms with Gasteiger partial charge in [0.05, 0.1) is 6.54 Å². The number of carbonyl (C=O) groups is 3. The van der Waals surface area contributed by atoms with Crippen LogP contribution in [-0.4, -0.2) is 42.1 Å². The highest BCUT2D eigenvalue weighted by Gasteiger charge is 2.14. The molecule has 7 heteroatoms. The van der Waals surface area contributed by atoms with E-state index in [0.29, 0.717) is 5.75 Å². The zero-order valence-electron chi connectivity index (χ0n) is 11.0. The van der Waals surface area contributed by atoms with Gasteiger partial charge in [-0.15, -0.1) is 0 Å². The smallest absolute Gasteiger partial charge is 0.325 e. The maximum absolute atomic E-state index is 11.4. The lowest BCUT2D eigenvalue weighted by molar-refractivity contribution is -0.141. The van der Waals surface area contributed by atoms with Gasteiger partial charge in [0.15, 0.2) is 6.61 Å². The summed E-state index contributed by atoms with van der Waals surface area (Å²) in [5.41, 5.74) is 0. The summed E-state index contributed by atoms with van der Waals surface area (Å²) < 4.78 is 5.18. The van der Waals surface area contributed by atoms with Crippen molar-refractivity contribution >= 4 is 17.8 Å². The normalized spacial score (nSPS) is 11.2. The molecule has 7 nitrogen and oxygen atoms in total. The van der Waals surface area contributed by atoms with E-state index in [1.165, 1.54) is 6.92 Å². The van der Waals surface area contributed by atoms with E-state index in [-0.39, 0.29) is 13.2 Å². The molecular weight excluding hydrogens is 264 g/mol. The van der Waals surface area contributed by atoms with E-state index < -0.39 is 23.8 Å². The minimum atomic E-state index is -1.14. The highest BCUT2D eigenvalue weighted by atomic mass is 16.5. The fourth-order valence-corrected chi connectivity index (χ4v) is 1.25. The lowest BCUT2D eigenvalue weighted by Crippen LogP contribution is -2.44. The van der Waals surface area contributed by atoms with E-state index in [2.05, 4.69) is 10.6 Å². The molecule has 0 aliphatic carbocycles. The molecule has 0 aliphatic heterocycles. The Labute approximate surface area is 115 Å². The lowest BCUT2D eigenvalue weighted by Gasteiger charge is -2.10. The second kappa shape index (κ2) is 7.78. The summed E-state index contributed by atoms with van der Waals surface area (Å²) in [7, 11) is 0. The monoisotopic (exact) mass is 280 g/mol. The minimum Gasteiger partial charge on any atom is -0.484 e. The molecule has 20 heavy (non-hydrogen) atoms. The first-order chi connectivity index (χ1) is 9.49. The van der Waals surface area contributed by atoms with Gasteiger partial charge in [-0.1, -0.05) is 18.2 Å². The van der Waals surface area contributed by atoms with Crippen molar-refractivity contribution < 1.29 is 24.2 Å². The maximum Gasteiger partial charge on any atom is 0.325 e. The van der Waals surface area contributed by atoms with E-state index in [4.69, 9.17) is 9.84 Å². The molecule has 3 N–H and O–H groups in total. The first-order valence-corrected chi connectivity index (χ1v) is 5.95. The van der Waals surface area contributed by atoms with Gasteiger partial charge in [0.1, 0.15) is 11.8 Å². The average molecular weight is 280 g/mol. The SMILES string of the molecule is C[C@H](NC(=O)CNC(=O)COc1ccccc1)C(=O)O. The van der Waals surface area contributed by atoms with Crippen LogP contribution in [0.25, 0.3) is 0 Å². The van der Waals surface area contributed by atoms with Crippen molar-refractivity contribution in [2.45, 2.75) is 13.0 Å². The first kappa shape index (κ1) is 15.5. The van der Waals surface area contributed by atoms with Gasteiger partial charge in [0.2, 0.25) is 5.91 Å². The number of aliphatic carboxylic acids is 1. The van der Waals surface area contributed by atoms with Crippen LogP contribution in [0, 0.1) is 0 Å². The second-order valence-corrected chi connectivity index (χ2v) is 4.01. The van der Waals surface area contributed by atoms with Crippen molar-refractivity contribution in [2.75, 3.05) is 13.2 Å². The van der Waals surface area contributed by atoms with Crippen LogP contribution < -0.4 is 15.4 Å². The highest BCUT2D eigenvalue weighted by molar-refractivity contribution is 5.88. The molecule has 0 spiro atoms. The van der Waals surface area contributed by atoms with Crippen LogP contribution in [-0.2, 0) is 14.4 Å². The summed E-state index contributed by atoms with van der Waals surface area (Å²) in [5.74, 6) is -1.64. The van der Waals surface area contributed by atoms with E-state index >= 15 is 0 Å². The van der Waals surface area contributed by atoms with Crippen molar-refractivity contribution in [3.8, 4) is 5.75 Å². The Balaban J connectivity index is 2.23. The number of carbonyl (C=O) groups excluding carboxylic acids is 2. The van der Waals surface area contributed by atoms with Gasteiger partial charge in [-0.25, -0.2) is 0 Å². The second-order valence-electron chi connectivity index (χ2n) is 4.01. The molecule has 1 aromatic rings. The lowest BCUT2D eigenvalue weighted by atomic mass is 10.3. The van der Waals surface area contributed by atoms with Gasteiger partial charge in [-0.2, -0.15) is 0 Å². The molecule has 0 saturated carbocycles. The number of amides is 2. The van der Waals surface area contributed by atoms with E-state index in [1.807, 2.05) is 6.07 Å². The molecule has 0 radical (unpaired) electrons. The predicted octanol–water partition coefficient (Wildman–Crippen LogP) is -0.229. The highest BCUT2D eigenvalue weighted by Crippen LogP contribution is 2.07. The fourth-order valence-electron chi connectivity index (χ4n) is 1.25. The van der Waals surface area contributed by atoms with Crippen molar-refractivity contribution in [3.05, 3.63) is 30.3 Å². The first-order valence-electron chi connectivity index (χ1n) is 5.95. The van der Waals surface area contributed by atoms with Crippen molar-refractivity contribution in [2.24, 2.45) is 0 Å². The molecule has 0 unspecified atom stereocenters. The van der Waals surface area contributed by atoms with Crippen LogP contribution in [0.2, 0.25) is 0 Å². The molecule has 0 saturated heterocycles. The third-order valence-electron chi connectivity index (χ3n) is 2.31. The number of ether oxygens (including phenoxy) is 1. The zero-order valence-corrected chi connectivity index (χ0v) is 11.0. The average Bonchev–Trinajstić information content (AvgIpc) is 2.43. The Bertz CT molecular complexity index is 475. The molecule has 1 rings (SSSR count). The maximum atomic E-state index is 11.4. The van der Waals surface area contributed by atoms with Gasteiger partial charge in [-0.3, -0.25) is 14.4 Å². The van der Waals surface area contributed by atoms with E-state index in [9.17, 15) is 14.4 Å². The Hall–Kier alpha value is -2.57. The fraction of sp³-hybridized carbons (Fsp3) is 0.308. The Kier molecular flexibility index (Phi) is 6.02. The van der Waals surface area contributed by atoms with Crippen LogP contribution in [0.5, 0.6) is 5.75 Å². The van der Waals surface area contributed by atoms with Gasteiger partial charge in [0, 0.05) is 0 Å². The van der Waals surface area contributed by atoms with E-state index in [1.54, 1.807) is 24.3 Å². The number of hydrogen-bond donors (Lipinski definition) is 3. The zero-order chi connectivity index (χ0) is 15.0. The quantitative estimate of drug-likeness (QED) is 0.640. The molecule has 1 aromatic carbocycles. The van der Waals surface area contributed by atoms with E-state index in [0.717, 1.165) is 0 Å². The summed E-state index contributed by atoms with van der Waals surface area (Å²) in [4.78, 5) is 33.2. The summed E-state index contributed by atoms with van der Waals surface area (Å²) in [5, 5.41) is 13.1. The molecule has 1 atom stereocenters. The Morgan fingerprint density at radius 2 is 1.85 bits per heavy atom. The molecule has 0 bridgehead atoms. The topological polar surface area (TPSA) is 105 Å². The van der Waals surface area contributed by atoms with Gasteiger partial charge in [0.25, 0.3) is 5.91 Å². The number of benzene rings is 1. The van der Waals surface area contributed by atoms with Crippen molar-refractivity contribution in [1.82, 2.24) is 10.6 Å². The van der Waals surface area contributed by atoms with Crippen molar-refractivity contribution in [3.63, 3.8) is 0 Å². The third kappa shape index (κ3) is 5.85.